The van der Waals surface area contributed by atoms with Gasteiger partial charge in [-0.2, -0.15) is 0 Å². The van der Waals surface area contributed by atoms with E-state index >= 15 is 0 Å². The highest BCUT2D eigenvalue weighted by atomic mass is 16.4. The topological polar surface area (TPSA) is 58.3 Å². The second kappa shape index (κ2) is 5.46. The molecule has 0 spiro atoms. The van der Waals surface area contributed by atoms with Gasteiger partial charge in [-0.1, -0.05) is 13.3 Å². The molecule has 16 heavy (non-hydrogen) atoms. The maximum Gasteiger partial charge on any atom is 0.195 e. The number of rotatable bonds is 4. The molecule has 0 aliphatic carbocycles. The Hall–Kier alpha value is -0.870. The third kappa shape index (κ3) is 2.83. The lowest BCUT2D eigenvalue weighted by Gasteiger charge is -2.21. The lowest BCUT2D eigenvalue weighted by Crippen LogP contribution is -2.35. The van der Waals surface area contributed by atoms with Crippen LogP contribution in [0.4, 0.5) is 0 Å². The van der Waals surface area contributed by atoms with Crippen molar-refractivity contribution in [1.82, 2.24) is 10.3 Å². The number of piperidine rings is 1. The van der Waals surface area contributed by atoms with Gasteiger partial charge in [0, 0.05) is 18.4 Å². The normalized spacial score (nSPS) is 23.2. The number of hydrogen-bond acceptors (Lipinski definition) is 4. The molecule has 2 N–H and O–H groups in total. The van der Waals surface area contributed by atoms with Crippen molar-refractivity contribution < 1.29 is 9.52 Å². The zero-order valence-corrected chi connectivity index (χ0v) is 9.78. The number of hydrogen-bond donors (Lipinski definition) is 2. The van der Waals surface area contributed by atoms with Crippen LogP contribution in [0, 0.1) is 0 Å². The van der Waals surface area contributed by atoms with E-state index in [1.165, 1.54) is 19.3 Å². The van der Waals surface area contributed by atoms with Gasteiger partial charge in [-0.15, -0.1) is 0 Å². The molecule has 1 aliphatic rings. The summed E-state index contributed by atoms with van der Waals surface area (Å²) in [6.07, 6.45) is 6.36. The number of nitrogens with zero attached hydrogens (tertiary/aromatic N) is 1. The third-order valence-corrected chi connectivity index (χ3v) is 3.16. The van der Waals surface area contributed by atoms with E-state index in [1.807, 2.05) is 6.92 Å². The second-order valence-electron chi connectivity index (χ2n) is 4.59. The summed E-state index contributed by atoms with van der Waals surface area (Å²) in [5, 5.41) is 12.5. The van der Waals surface area contributed by atoms with Crippen LogP contribution in [-0.4, -0.2) is 29.3 Å². The van der Waals surface area contributed by atoms with Crippen molar-refractivity contribution >= 4 is 0 Å². The summed E-state index contributed by atoms with van der Waals surface area (Å²) in [5.41, 5.74) is 0. The molecule has 4 nitrogen and oxygen atoms in total. The Balaban J connectivity index is 1.91. The summed E-state index contributed by atoms with van der Waals surface area (Å²) in [7, 11) is 0. The van der Waals surface area contributed by atoms with E-state index in [0.29, 0.717) is 6.04 Å². The van der Waals surface area contributed by atoms with Crippen LogP contribution in [0.25, 0.3) is 0 Å². The molecule has 1 fully saturated rings. The predicted molar refractivity (Wildman–Crippen MR) is 61.3 cm³/mol. The number of aliphatic hydroxyl groups is 1. The molecule has 2 rings (SSSR count). The molecule has 0 bridgehead atoms. The second-order valence-corrected chi connectivity index (χ2v) is 4.59. The number of oxazole rings is 1. The van der Waals surface area contributed by atoms with Crippen molar-refractivity contribution in [2.24, 2.45) is 0 Å². The van der Waals surface area contributed by atoms with E-state index < -0.39 is 0 Å². The Morgan fingerprint density at radius 1 is 1.62 bits per heavy atom. The molecule has 0 saturated carbocycles. The van der Waals surface area contributed by atoms with Crippen LogP contribution in [-0.2, 0) is 6.42 Å². The van der Waals surface area contributed by atoms with Crippen molar-refractivity contribution in [3.05, 3.63) is 17.8 Å². The largest absolute Gasteiger partial charge is 0.445 e. The highest BCUT2D eigenvalue weighted by Crippen LogP contribution is 2.18. The third-order valence-electron chi connectivity index (χ3n) is 3.16. The lowest BCUT2D eigenvalue weighted by molar-refractivity contribution is 0.254. The average Bonchev–Trinajstić information content (AvgIpc) is 2.78. The predicted octanol–water partition coefficient (Wildman–Crippen LogP) is 1.45. The van der Waals surface area contributed by atoms with Crippen LogP contribution in [0.2, 0.25) is 0 Å². The van der Waals surface area contributed by atoms with Crippen LogP contribution >= 0.6 is 0 Å². The van der Waals surface area contributed by atoms with Crippen LogP contribution in [0.5, 0.6) is 0 Å². The van der Waals surface area contributed by atoms with Gasteiger partial charge >= 0.3 is 0 Å². The first-order valence-corrected chi connectivity index (χ1v) is 6.08. The summed E-state index contributed by atoms with van der Waals surface area (Å²) in [6, 6.07) is 0.504. The van der Waals surface area contributed by atoms with Gasteiger partial charge in [0.05, 0.1) is 12.8 Å². The van der Waals surface area contributed by atoms with Crippen LogP contribution in [0.15, 0.2) is 10.6 Å². The number of aromatic nitrogens is 1. The molecular weight excluding hydrogens is 204 g/mol. The van der Waals surface area contributed by atoms with E-state index in [2.05, 4.69) is 10.3 Å². The maximum absolute atomic E-state index is 9.02. The Labute approximate surface area is 96.1 Å². The molecule has 2 heterocycles. The molecule has 1 saturated heterocycles. The zero-order valence-electron chi connectivity index (χ0n) is 9.78. The molecule has 0 aromatic carbocycles. The number of nitrogens with one attached hydrogen (secondary N) is 1. The van der Waals surface area contributed by atoms with Crippen LogP contribution in [0.3, 0.4) is 0 Å². The highest BCUT2D eigenvalue weighted by Gasteiger charge is 2.17. The van der Waals surface area contributed by atoms with Crippen molar-refractivity contribution in [2.45, 2.75) is 44.6 Å². The molecule has 4 heteroatoms. The minimum absolute atomic E-state index is 0.0422. The fourth-order valence-corrected chi connectivity index (χ4v) is 2.05. The molecule has 1 aromatic rings. The van der Waals surface area contributed by atoms with Crippen molar-refractivity contribution in [3.63, 3.8) is 0 Å². The molecule has 0 radical (unpaired) electrons. The highest BCUT2D eigenvalue weighted by molar-refractivity contribution is 5.01. The Morgan fingerprint density at radius 3 is 3.19 bits per heavy atom. The lowest BCUT2D eigenvalue weighted by atomic mass is 10.0. The molecule has 2 unspecified atom stereocenters. The Bertz CT molecular complexity index is 319. The van der Waals surface area contributed by atoms with E-state index in [0.717, 1.165) is 24.6 Å². The minimum Gasteiger partial charge on any atom is -0.445 e. The SMILES string of the molecule is CC(CO)c1cnc(CC2CCCCN2)o1. The fraction of sp³-hybridized carbons (Fsp3) is 0.750. The smallest absolute Gasteiger partial charge is 0.195 e. The van der Waals surface area contributed by atoms with E-state index in [1.54, 1.807) is 6.20 Å². The first kappa shape index (κ1) is 11.6. The van der Waals surface area contributed by atoms with Gasteiger partial charge in [0.15, 0.2) is 5.89 Å². The first-order chi connectivity index (χ1) is 7.79. The molecule has 1 aromatic heterocycles. The monoisotopic (exact) mass is 224 g/mol. The molecule has 0 amide bonds. The summed E-state index contributed by atoms with van der Waals surface area (Å²) in [5.74, 6) is 1.61. The van der Waals surface area contributed by atoms with Gasteiger partial charge in [-0.05, 0) is 19.4 Å². The van der Waals surface area contributed by atoms with E-state index in [-0.39, 0.29) is 12.5 Å². The Kier molecular flexibility index (Phi) is 3.96. The van der Waals surface area contributed by atoms with Crippen molar-refractivity contribution in [1.29, 1.82) is 0 Å². The summed E-state index contributed by atoms with van der Waals surface area (Å²) in [6.45, 7) is 3.14. The summed E-state index contributed by atoms with van der Waals surface area (Å²) in [4.78, 5) is 4.26. The molecule has 2 atom stereocenters. The van der Waals surface area contributed by atoms with Crippen LogP contribution in [0.1, 0.15) is 43.8 Å². The van der Waals surface area contributed by atoms with Crippen molar-refractivity contribution in [3.8, 4) is 0 Å². The quantitative estimate of drug-likeness (QED) is 0.813. The first-order valence-electron chi connectivity index (χ1n) is 6.08. The average molecular weight is 224 g/mol. The molecule has 90 valence electrons. The van der Waals surface area contributed by atoms with E-state index in [9.17, 15) is 0 Å². The van der Waals surface area contributed by atoms with Gasteiger partial charge in [0.2, 0.25) is 0 Å². The zero-order chi connectivity index (χ0) is 11.4. The van der Waals surface area contributed by atoms with Gasteiger partial charge in [-0.25, -0.2) is 4.98 Å². The minimum atomic E-state index is 0.0422. The van der Waals surface area contributed by atoms with Gasteiger partial charge in [0.25, 0.3) is 0 Å². The fourth-order valence-electron chi connectivity index (χ4n) is 2.05. The molecular formula is C12H20N2O2. The molecule has 1 aliphatic heterocycles. The summed E-state index contributed by atoms with van der Waals surface area (Å²) >= 11 is 0. The van der Waals surface area contributed by atoms with Gasteiger partial charge in [0.1, 0.15) is 5.76 Å². The van der Waals surface area contributed by atoms with Gasteiger partial charge < -0.3 is 14.8 Å². The number of aliphatic hydroxyl groups excluding tert-OH is 1. The van der Waals surface area contributed by atoms with Crippen LogP contribution < -0.4 is 5.32 Å². The van der Waals surface area contributed by atoms with E-state index in [4.69, 9.17) is 9.52 Å². The standard InChI is InChI=1S/C12H20N2O2/c1-9(8-15)11-7-14-12(16-11)6-10-4-2-3-5-13-10/h7,9-10,13,15H,2-6,8H2,1H3. The van der Waals surface area contributed by atoms with Gasteiger partial charge in [-0.3, -0.25) is 0 Å². The maximum atomic E-state index is 9.02. The van der Waals surface area contributed by atoms with Crippen molar-refractivity contribution in [2.75, 3.05) is 13.2 Å². The Morgan fingerprint density at radius 2 is 2.50 bits per heavy atom. The summed E-state index contributed by atoms with van der Waals surface area (Å²) < 4.78 is 5.63.